The Morgan fingerprint density at radius 3 is 2.75 bits per heavy atom. The lowest BCUT2D eigenvalue weighted by atomic mass is 10.2. The molecule has 1 aromatic carbocycles. The quantitative estimate of drug-likeness (QED) is 0.613. The molecular formula is C10H10N4O2. The van der Waals surface area contributed by atoms with E-state index in [4.69, 9.17) is 5.73 Å². The third-order valence-electron chi connectivity index (χ3n) is 2.18. The van der Waals surface area contributed by atoms with Gasteiger partial charge < -0.3 is 5.73 Å². The number of nitrogens with zero attached hydrogens (tertiary/aromatic N) is 3. The Kier molecular flexibility index (Phi) is 2.32. The second-order valence-corrected chi connectivity index (χ2v) is 3.43. The highest BCUT2D eigenvalue weighted by atomic mass is 16.6. The summed E-state index contributed by atoms with van der Waals surface area (Å²) in [5, 5.41) is 14.8. The van der Waals surface area contributed by atoms with Crippen molar-refractivity contribution in [3.05, 3.63) is 46.1 Å². The number of rotatable bonds is 2. The monoisotopic (exact) mass is 218 g/mol. The first-order chi connectivity index (χ1) is 7.58. The molecule has 16 heavy (non-hydrogen) atoms. The third kappa shape index (κ3) is 1.72. The number of nitro groups is 1. The molecule has 0 saturated carbocycles. The summed E-state index contributed by atoms with van der Waals surface area (Å²) in [6.45, 7) is 1.86. The second-order valence-electron chi connectivity index (χ2n) is 3.43. The van der Waals surface area contributed by atoms with E-state index in [-0.39, 0.29) is 5.69 Å². The molecule has 0 saturated heterocycles. The molecule has 2 N–H and O–H groups in total. The maximum atomic E-state index is 10.8. The van der Waals surface area contributed by atoms with Gasteiger partial charge in [-0.05, 0) is 18.6 Å². The van der Waals surface area contributed by atoms with Gasteiger partial charge in [-0.3, -0.25) is 10.1 Å². The van der Waals surface area contributed by atoms with Crippen LogP contribution < -0.4 is 5.73 Å². The fourth-order valence-electron chi connectivity index (χ4n) is 1.44. The highest BCUT2D eigenvalue weighted by Gasteiger charge is 2.15. The summed E-state index contributed by atoms with van der Waals surface area (Å²) in [4.78, 5) is 10.4. The molecule has 0 atom stereocenters. The largest absolute Gasteiger partial charge is 0.382 e. The minimum Gasteiger partial charge on any atom is -0.382 e. The number of hydrogen-bond donors (Lipinski definition) is 1. The van der Waals surface area contributed by atoms with Crippen molar-refractivity contribution >= 4 is 11.5 Å². The highest BCUT2D eigenvalue weighted by molar-refractivity contribution is 5.54. The fraction of sp³-hybridized carbons (Fsp3) is 0.100. The Morgan fingerprint density at radius 1 is 1.44 bits per heavy atom. The van der Waals surface area contributed by atoms with Gasteiger partial charge in [0.15, 0.2) is 0 Å². The van der Waals surface area contributed by atoms with E-state index >= 15 is 0 Å². The van der Waals surface area contributed by atoms with Crippen LogP contribution in [-0.2, 0) is 0 Å². The molecule has 6 heteroatoms. The Balaban J connectivity index is 2.62. The molecule has 0 amide bonds. The van der Waals surface area contributed by atoms with Crippen LogP contribution >= 0.6 is 0 Å². The van der Waals surface area contributed by atoms with Crippen molar-refractivity contribution in [2.24, 2.45) is 0 Å². The van der Waals surface area contributed by atoms with Gasteiger partial charge in [0.2, 0.25) is 0 Å². The SMILES string of the molecule is Cc1ccc([N+](=O)[O-])c(-n2ccc(N)n2)c1. The van der Waals surface area contributed by atoms with E-state index in [1.807, 2.05) is 6.92 Å². The molecule has 1 heterocycles. The first-order valence-electron chi connectivity index (χ1n) is 4.64. The normalized spacial score (nSPS) is 10.3. The van der Waals surface area contributed by atoms with Crippen LogP contribution in [0.25, 0.3) is 5.69 Å². The number of anilines is 1. The molecule has 2 rings (SSSR count). The molecule has 0 aliphatic rings. The van der Waals surface area contributed by atoms with Crippen LogP contribution in [0.5, 0.6) is 0 Å². The molecule has 0 unspecified atom stereocenters. The van der Waals surface area contributed by atoms with Crippen molar-refractivity contribution in [3.63, 3.8) is 0 Å². The van der Waals surface area contributed by atoms with Gasteiger partial charge in [-0.15, -0.1) is 0 Å². The molecule has 0 aliphatic heterocycles. The maximum absolute atomic E-state index is 10.8. The fourth-order valence-corrected chi connectivity index (χ4v) is 1.44. The molecule has 6 nitrogen and oxygen atoms in total. The van der Waals surface area contributed by atoms with Gasteiger partial charge in [-0.1, -0.05) is 6.07 Å². The van der Waals surface area contributed by atoms with Gasteiger partial charge in [-0.2, -0.15) is 5.10 Å². The van der Waals surface area contributed by atoms with Gasteiger partial charge in [0.25, 0.3) is 5.69 Å². The summed E-state index contributed by atoms with van der Waals surface area (Å²) in [6.07, 6.45) is 1.59. The molecule has 0 spiro atoms. The smallest absolute Gasteiger partial charge is 0.294 e. The minimum absolute atomic E-state index is 0.00806. The Labute approximate surface area is 91.5 Å². The molecule has 2 aromatic rings. The van der Waals surface area contributed by atoms with Crippen LogP contribution in [0, 0.1) is 17.0 Å². The van der Waals surface area contributed by atoms with E-state index in [0.717, 1.165) is 5.56 Å². The summed E-state index contributed by atoms with van der Waals surface area (Å²) >= 11 is 0. The zero-order valence-corrected chi connectivity index (χ0v) is 8.62. The molecule has 0 aliphatic carbocycles. The lowest BCUT2D eigenvalue weighted by molar-refractivity contribution is -0.384. The summed E-state index contributed by atoms with van der Waals surface area (Å²) in [6, 6.07) is 6.44. The molecule has 0 radical (unpaired) electrons. The van der Waals surface area contributed by atoms with Crippen molar-refractivity contribution in [1.82, 2.24) is 9.78 Å². The second kappa shape index (κ2) is 3.65. The van der Waals surface area contributed by atoms with Gasteiger partial charge in [-0.25, -0.2) is 4.68 Å². The van der Waals surface area contributed by atoms with E-state index < -0.39 is 4.92 Å². The van der Waals surface area contributed by atoms with Crippen LogP contribution in [0.2, 0.25) is 0 Å². The van der Waals surface area contributed by atoms with E-state index in [1.54, 1.807) is 24.4 Å². The standard InChI is InChI=1S/C10H10N4O2/c1-7-2-3-8(14(15)16)9(6-7)13-5-4-10(11)12-13/h2-6H,1H3,(H2,11,12). The molecule has 1 aromatic heterocycles. The molecule has 0 bridgehead atoms. The molecular weight excluding hydrogens is 208 g/mol. The van der Waals surface area contributed by atoms with Gasteiger partial charge in [0.1, 0.15) is 11.5 Å². The Bertz CT molecular complexity index is 548. The highest BCUT2D eigenvalue weighted by Crippen LogP contribution is 2.23. The third-order valence-corrected chi connectivity index (χ3v) is 2.18. The summed E-state index contributed by atoms with van der Waals surface area (Å²) in [5.74, 6) is 0.329. The van der Waals surface area contributed by atoms with Gasteiger partial charge >= 0.3 is 0 Å². The number of nitrogen functional groups attached to an aromatic ring is 1. The average molecular weight is 218 g/mol. The number of aryl methyl sites for hydroxylation is 1. The number of nitrogens with two attached hydrogens (primary N) is 1. The van der Waals surface area contributed by atoms with Crippen molar-refractivity contribution in [2.75, 3.05) is 5.73 Å². The topological polar surface area (TPSA) is 87.0 Å². The zero-order chi connectivity index (χ0) is 11.7. The van der Waals surface area contributed by atoms with Crippen molar-refractivity contribution in [1.29, 1.82) is 0 Å². The zero-order valence-electron chi connectivity index (χ0n) is 8.62. The van der Waals surface area contributed by atoms with E-state index in [0.29, 0.717) is 11.5 Å². The summed E-state index contributed by atoms with van der Waals surface area (Å²) in [7, 11) is 0. The lowest BCUT2D eigenvalue weighted by Crippen LogP contribution is -2.01. The van der Waals surface area contributed by atoms with Crippen LogP contribution in [0.3, 0.4) is 0 Å². The van der Waals surface area contributed by atoms with Gasteiger partial charge in [0.05, 0.1) is 4.92 Å². The van der Waals surface area contributed by atoms with E-state index in [1.165, 1.54) is 10.7 Å². The first-order valence-corrected chi connectivity index (χ1v) is 4.64. The van der Waals surface area contributed by atoms with Crippen LogP contribution in [0.15, 0.2) is 30.5 Å². The van der Waals surface area contributed by atoms with Crippen molar-refractivity contribution in [2.45, 2.75) is 6.92 Å². The van der Waals surface area contributed by atoms with E-state index in [2.05, 4.69) is 5.10 Å². The number of hydrogen-bond acceptors (Lipinski definition) is 4. The molecule has 82 valence electrons. The van der Waals surface area contributed by atoms with Crippen molar-refractivity contribution in [3.8, 4) is 5.69 Å². The predicted molar refractivity (Wildman–Crippen MR) is 59.4 cm³/mol. The summed E-state index contributed by atoms with van der Waals surface area (Å²) < 4.78 is 1.40. The first kappa shape index (κ1) is 10.2. The van der Waals surface area contributed by atoms with Crippen LogP contribution in [-0.4, -0.2) is 14.7 Å². The van der Waals surface area contributed by atoms with E-state index in [9.17, 15) is 10.1 Å². The number of benzene rings is 1. The summed E-state index contributed by atoms with van der Waals surface area (Å²) in [5.41, 5.74) is 6.83. The van der Waals surface area contributed by atoms with Gasteiger partial charge in [0, 0.05) is 18.3 Å². The minimum atomic E-state index is -0.438. The van der Waals surface area contributed by atoms with Crippen molar-refractivity contribution < 1.29 is 4.92 Å². The lowest BCUT2D eigenvalue weighted by Gasteiger charge is -2.03. The Morgan fingerprint density at radius 2 is 2.19 bits per heavy atom. The average Bonchev–Trinajstić information content (AvgIpc) is 2.64. The Hall–Kier alpha value is -2.37. The predicted octanol–water partition coefficient (Wildman–Crippen LogP) is 1.67. The molecule has 0 fully saturated rings. The van der Waals surface area contributed by atoms with Crippen LogP contribution in [0.4, 0.5) is 11.5 Å². The number of nitro benzene ring substituents is 1. The number of aromatic nitrogens is 2. The van der Waals surface area contributed by atoms with Crippen LogP contribution in [0.1, 0.15) is 5.56 Å². The maximum Gasteiger partial charge on any atom is 0.294 e.